The van der Waals surface area contributed by atoms with E-state index in [1.165, 1.54) is 7.11 Å². The number of aromatic nitrogens is 1. The number of anilines is 2. The molecule has 0 amide bonds. The van der Waals surface area contributed by atoms with Crippen molar-refractivity contribution in [3.63, 3.8) is 0 Å². The number of para-hydroxylation sites is 1. The van der Waals surface area contributed by atoms with Gasteiger partial charge in [-0.1, -0.05) is 18.2 Å². The molecule has 1 heterocycles. The zero-order valence-electron chi connectivity index (χ0n) is 13.8. The summed E-state index contributed by atoms with van der Waals surface area (Å²) in [6.07, 6.45) is -0.0283. The fourth-order valence-corrected chi connectivity index (χ4v) is 2.68. The molecule has 4 nitrogen and oxygen atoms in total. The second-order valence-corrected chi connectivity index (χ2v) is 5.57. The minimum Gasteiger partial charge on any atom is -0.469 e. The lowest BCUT2D eigenvalue weighted by atomic mass is 10.0. The lowest BCUT2D eigenvalue weighted by Crippen LogP contribution is -2.10. The first kappa shape index (κ1) is 16.8. The predicted octanol–water partition coefficient (Wildman–Crippen LogP) is 4.28. The largest absolute Gasteiger partial charge is 0.469 e. The third-order valence-corrected chi connectivity index (χ3v) is 3.94. The summed E-state index contributed by atoms with van der Waals surface area (Å²) in [6, 6.07) is 10.4. The Morgan fingerprint density at radius 2 is 1.96 bits per heavy atom. The molecule has 0 aliphatic heterocycles. The number of aryl methyl sites for hydroxylation is 1. The number of hydrogen-bond acceptors (Lipinski definition) is 4. The molecule has 128 valence electrons. The van der Waals surface area contributed by atoms with E-state index >= 15 is 0 Å². The van der Waals surface area contributed by atoms with Gasteiger partial charge in [0.25, 0.3) is 0 Å². The Labute approximate surface area is 143 Å². The molecule has 0 spiro atoms. The Morgan fingerprint density at radius 3 is 2.72 bits per heavy atom. The number of halogens is 2. The summed E-state index contributed by atoms with van der Waals surface area (Å²) in [5.74, 6) is -1.60. The average Bonchev–Trinajstić information content (AvgIpc) is 2.60. The molecule has 0 aliphatic carbocycles. The van der Waals surface area contributed by atoms with Gasteiger partial charge in [-0.05, 0) is 25.1 Å². The van der Waals surface area contributed by atoms with Crippen molar-refractivity contribution in [1.82, 2.24) is 4.98 Å². The highest BCUT2D eigenvalue weighted by Gasteiger charge is 2.17. The number of pyridine rings is 1. The average molecular weight is 342 g/mol. The van der Waals surface area contributed by atoms with Gasteiger partial charge in [0.15, 0.2) is 0 Å². The quantitative estimate of drug-likeness (QED) is 0.719. The first-order chi connectivity index (χ1) is 12.0. The third kappa shape index (κ3) is 3.42. The Hall–Kier alpha value is -3.02. The maximum Gasteiger partial charge on any atom is 0.310 e. The Morgan fingerprint density at radius 1 is 1.20 bits per heavy atom. The molecule has 3 aromatic rings. The monoisotopic (exact) mass is 342 g/mol. The molecule has 0 aliphatic rings. The number of methoxy groups -OCH3 is 1. The van der Waals surface area contributed by atoms with Gasteiger partial charge < -0.3 is 10.1 Å². The Balaban J connectivity index is 2.20. The number of carbonyl (C=O) groups is 1. The van der Waals surface area contributed by atoms with Crippen LogP contribution >= 0.6 is 0 Å². The molecule has 25 heavy (non-hydrogen) atoms. The fourth-order valence-electron chi connectivity index (χ4n) is 2.68. The SMILES string of the molecule is COC(=O)Cc1c(C)nc2ccccc2c1Nc1cc(F)ccc1F. The van der Waals surface area contributed by atoms with Crippen LogP contribution in [0.25, 0.3) is 10.9 Å². The summed E-state index contributed by atoms with van der Waals surface area (Å²) < 4.78 is 32.3. The van der Waals surface area contributed by atoms with E-state index in [1.807, 2.05) is 24.3 Å². The molecule has 0 atom stereocenters. The number of nitrogens with zero attached hydrogens (tertiary/aromatic N) is 1. The maximum absolute atomic E-state index is 14.1. The molecular weight excluding hydrogens is 326 g/mol. The molecule has 1 aromatic heterocycles. The van der Waals surface area contributed by atoms with E-state index < -0.39 is 17.6 Å². The van der Waals surface area contributed by atoms with Crippen LogP contribution in [0.5, 0.6) is 0 Å². The van der Waals surface area contributed by atoms with E-state index in [0.717, 1.165) is 18.2 Å². The summed E-state index contributed by atoms with van der Waals surface area (Å²) in [5, 5.41) is 3.64. The van der Waals surface area contributed by atoms with Crippen molar-refractivity contribution >= 4 is 28.2 Å². The van der Waals surface area contributed by atoms with Crippen LogP contribution in [0.2, 0.25) is 0 Å². The van der Waals surface area contributed by atoms with E-state index in [2.05, 4.69) is 10.3 Å². The van der Waals surface area contributed by atoms with Crippen molar-refractivity contribution in [2.24, 2.45) is 0 Å². The molecule has 1 N–H and O–H groups in total. The molecule has 0 saturated heterocycles. The van der Waals surface area contributed by atoms with E-state index in [4.69, 9.17) is 4.74 Å². The number of nitrogens with one attached hydrogen (secondary N) is 1. The lowest BCUT2D eigenvalue weighted by molar-refractivity contribution is -0.139. The van der Waals surface area contributed by atoms with Crippen molar-refractivity contribution in [3.05, 3.63) is 65.4 Å². The van der Waals surface area contributed by atoms with Gasteiger partial charge in [-0.3, -0.25) is 9.78 Å². The molecule has 2 aromatic carbocycles. The predicted molar refractivity (Wildman–Crippen MR) is 91.8 cm³/mol. The molecule has 0 bridgehead atoms. The fraction of sp³-hybridized carbons (Fsp3) is 0.158. The number of fused-ring (bicyclic) bond motifs is 1. The molecule has 0 fully saturated rings. The van der Waals surface area contributed by atoms with Crippen LogP contribution < -0.4 is 5.32 Å². The van der Waals surface area contributed by atoms with Crippen LogP contribution in [0.15, 0.2) is 42.5 Å². The van der Waals surface area contributed by atoms with Crippen LogP contribution in [0.3, 0.4) is 0 Å². The number of ether oxygens (including phenoxy) is 1. The number of esters is 1. The zero-order chi connectivity index (χ0) is 18.0. The highest BCUT2D eigenvalue weighted by Crippen LogP contribution is 2.32. The topological polar surface area (TPSA) is 51.2 Å². The second kappa shape index (κ2) is 6.84. The summed E-state index contributed by atoms with van der Waals surface area (Å²) in [6.45, 7) is 1.76. The van der Waals surface area contributed by atoms with E-state index in [9.17, 15) is 13.6 Å². The van der Waals surface area contributed by atoms with Crippen LogP contribution in [-0.4, -0.2) is 18.1 Å². The summed E-state index contributed by atoms with van der Waals surface area (Å²) in [7, 11) is 1.30. The second-order valence-electron chi connectivity index (χ2n) is 5.57. The molecule has 0 unspecified atom stereocenters. The van der Waals surface area contributed by atoms with Gasteiger partial charge in [-0.25, -0.2) is 8.78 Å². The van der Waals surface area contributed by atoms with Crippen LogP contribution in [0.4, 0.5) is 20.2 Å². The van der Waals surface area contributed by atoms with E-state index in [1.54, 1.807) is 6.92 Å². The van der Waals surface area contributed by atoms with Crippen molar-refractivity contribution in [3.8, 4) is 0 Å². The Kier molecular flexibility index (Phi) is 4.61. The number of rotatable bonds is 4. The highest BCUT2D eigenvalue weighted by atomic mass is 19.1. The molecule has 3 rings (SSSR count). The smallest absolute Gasteiger partial charge is 0.310 e. The third-order valence-electron chi connectivity index (χ3n) is 3.94. The maximum atomic E-state index is 14.1. The first-order valence-electron chi connectivity index (χ1n) is 7.66. The molecule has 0 saturated carbocycles. The van der Waals surface area contributed by atoms with Gasteiger partial charge in [0.1, 0.15) is 11.6 Å². The number of carbonyl (C=O) groups excluding carboxylic acids is 1. The summed E-state index contributed by atoms with van der Waals surface area (Å²) in [4.78, 5) is 16.3. The van der Waals surface area contributed by atoms with Gasteiger partial charge >= 0.3 is 5.97 Å². The minimum atomic E-state index is -0.594. The first-order valence-corrected chi connectivity index (χ1v) is 7.66. The number of hydrogen-bond donors (Lipinski definition) is 1. The van der Waals surface area contributed by atoms with Gasteiger partial charge in [0, 0.05) is 22.7 Å². The van der Waals surface area contributed by atoms with E-state index in [-0.39, 0.29) is 12.1 Å². The zero-order valence-corrected chi connectivity index (χ0v) is 13.8. The van der Waals surface area contributed by atoms with Gasteiger partial charge in [0.05, 0.1) is 30.4 Å². The normalized spacial score (nSPS) is 10.7. The van der Waals surface area contributed by atoms with Crippen molar-refractivity contribution in [2.75, 3.05) is 12.4 Å². The summed E-state index contributed by atoms with van der Waals surface area (Å²) in [5.41, 5.74) is 2.38. The summed E-state index contributed by atoms with van der Waals surface area (Å²) >= 11 is 0. The van der Waals surface area contributed by atoms with Crippen molar-refractivity contribution < 1.29 is 18.3 Å². The minimum absolute atomic E-state index is 0.0122. The van der Waals surface area contributed by atoms with Gasteiger partial charge in [0.2, 0.25) is 0 Å². The van der Waals surface area contributed by atoms with Crippen LogP contribution in [0, 0.1) is 18.6 Å². The highest BCUT2D eigenvalue weighted by molar-refractivity contribution is 5.96. The molecular formula is C19H16F2N2O2. The Bertz CT molecular complexity index is 958. The standard InChI is InChI=1S/C19H16F2N2O2/c1-11-14(10-18(24)25-2)19(13-5-3-4-6-16(13)22-11)23-17-9-12(20)7-8-15(17)21/h3-9H,10H2,1-2H3,(H,22,23). The number of benzene rings is 2. The van der Waals surface area contributed by atoms with Crippen LogP contribution in [0.1, 0.15) is 11.3 Å². The molecule has 6 heteroatoms. The van der Waals surface area contributed by atoms with Crippen molar-refractivity contribution in [2.45, 2.75) is 13.3 Å². The lowest BCUT2D eigenvalue weighted by Gasteiger charge is -2.17. The van der Waals surface area contributed by atoms with E-state index in [0.29, 0.717) is 27.8 Å². The van der Waals surface area contributed by atoms with Crippen LogP contribution in [-0.2, 0) is 16.0 Å². The molecule has 0 radical (unpaired) electrons. The van der Waals surface area contributed by atoms with Gasteiger partial charge in [-0.2, -0.15) is 0 Å². The van der Waals surface area contributed by atoms with Crippen molar-refractivity contribution in [1.29, 1.82) is 0 Å². The van der Waals surface area contributed by atoms with Gasteiger partial charge in [-0.15, -0.1) is 0 Å².